The number of hydrogen-bond donors (Lipinski definition) is 3. The van der Waals surface area contributed by atoms with Crippen LogP contribution >= 0.6 is 11.6 Å². The number of carbonyl (C=O) groups is 2. The average molecular weight is 394 g/mol. The van der Waals surface area contributed by atoms with Crippen molar-refractivity contribution < 1.29 is 19.2 Å². The molecular formula is C19H26ClN4O3+. The van der Waals surface area contributed by atoms with Gasteiger partial charge >= 0.3 is 0 Å². The van der Waals surface area contributed by atoms with Crippen LogP contribution in [0.2, 0.25) is 5.02 Å². The van der Waals surface area contributed by atoms with Crippen LogP contribution in [0, 0.1) is 0 Å². The third-order valence-electron chi connectivity index (χ3n) is 4.72. The maximum atomic E-state index is 12.2. The Morgan fingerprint density at radius 2 is 2.00 bits per heavy atom. The molecule has 3 rings (SSSR count). The molecule has 1 fully saturated rings. The van der Waals surface area contributed by atoms with Crippen molar-refractivity contribution in [3.8, 4) is 0 Å². The second-order valence-electron chi connectivity index (χ2n) is 6.74. The van der Waals surface area contributed by atoms with E-state index in [-0.39, 0.29) is 24.8 Å². The lowest BCUT2D eigenvalue weighted by atomic mass is 10.1. The highest BCUT2D eigenvalue weighted by atomic mass is 35.5. The number of halogens is 1. The van der Waals surface area contributed by atoms with E-state index in [4.69, 9.17) is 16.3 Å². The van der Waals surface area contributed by atoms with Gasteiger partial charge in [0.15, 0.2) is 0 Å². The van der Waals surface area contributed by atoms with Gasteiger partial charge < -0.3 is 15.0 Å². The van der Waals surface area contributed by atoms with Crippen molar-refractivity contribution in [3.63, 3.8) is 0 Å². The number of nitrogens with one attached hydrogen (secondary N) is 3. The zero-order chi connectivity index (χ0) is 19.1. The Morgan fingerprint density at radius 3 is 2.74 bits per heavy atom. The number of nitrogens with zero attached hydrogens (tertiary/aromatic N) is 1. The Bertz CT molecular complexity index is 687. The lowest BCUT2D eigenvalue weighted by Gasteiger charge is -2.29. The van der Waals surface area contributed by atoms with Crippen LogP contribution in [-0.2, 0) is 14.3 Å². The molecule has 0 radical (unpaired) electrons. The molecule has 0 atom stereocenters. The van der Waals surface area contributed by atoms with Crippen molar-refractivity contribution in [2.45, 2.75) is 12.8 Å². The molecule has 2 aliphatic heterocycles. The number of benzene rings is 1. The molecule has 0 saturated carbocycles. The summed E-state index contributed by atoms with van der Waals surface area (Å²) >= 11 is 5.92. The normalized spacial score (nSPS) is 18.0. The van der Waals surface area contributed by atoms with E-state index in [1.807, 2.05) is 18.2 Å². The monoisotopic (exact) mass is 393 g/mol. The molecule has 0 unspecified atom stereocenters. The third kappa shape index (κ3) is 5.95. The number of morpholine rings is 1. The summed E-state index contributed by atoms with van der Waals surface area (Å²) in [6, 6.07) is 7.35. The van der Waals surface area contributed by atoms with Gasteiger partial charge in [0, 0.05) is 24.4 Å². The first-order valence-corrected chi connectivity index (χ1v) is 9.71. The van der Waals surface area contributed by atoms with Crippen molar-refractivity contribution in [2.24, 2.45) is 0 Å². The minimum absolute atomic E-state index is 0.00578. The molecule has 3 N–H and O–H groups in total. The molecule has 2 aliphatic rings. The molecule has 2 heterocycles. The largest absolute Gasteiger partial charge is 0.370 e. The van der Waals surface area contributed by atoms with Gasteiger partial charge in [-0.15, -0.1) is 0 Å². The summed E-state index contributed by atoms with van der Waals surface area (Å²) in [6.07, 6.45) is 3.00. The molecule has 7 nitrogen and oxygen atoms in total. The number of carbonyl (C=O) groups excluding carboxylic acids is 2. The summed E-state index contributed by atoms with van der Waals surface area (Å²) < 4.78 is 5.34. The summed E-state index contributed by atoms with van der Waals surface area (Å²) in [5, 5.41) is 4.92. The first-order valence-electron chi connectivity index (χ1n) is 9.33. The molecule has 8 heteroatoms. The molecule has 2 amide bonds. The van der Waals surface area contributed by atoms with Crippen molar-refractivity contribution in [1.82, 2.24) is 15.8 Å². The van der Waals surface area contributed by atoms with Gasteiger partial charge in [-0.3, -0.25) is 15.0 Å². The Morgan fingerprint density at radius 1 is 1.26 bits per heavy atom. The van der Waals surface area contributed by atoms with Crippen LogP contribution in [0.1, 0.15) is 18.4 Å². The molecule has 27 heavy (non-hydrogen) atoms. The molecule has 146 valence electrons. The van der Waals surface area contributed by atoms with E-state index < -0.39 is 0 Å². The van der Waals surface area contributed by atoms with E-state index >= 15 is 0 Å². The van der Waals surface area contributed by atoms with Crippen LogP contribution in [0.3, 0.4) is 0 Å². The fourth-order valence-electron chi connectivity index (χ4n) is 3.17. The van der Waals surface area contributed by atoms with Crippen LogP contribution < -0.4 is 15.6 Å². The zero-order valence-corrected chi connectivity index (χ0v) is 16.1. The van der Waals surface area contributed by atoms with E-state index in [1.54, 1.807) is 12.1 Å². The topological polar surface area (TPSA) is 75.1 Å². The van der Waals surface area contributed by atoms with E-state index in [1.165, 1.54) is 9.91 Å². The van der Waals surface area contributed by atoms with Crippen molar-refractivity contribution in [2.75, 3.05) is 45.9 Å². The van der Waals surface area contributed by atoms with Gasteiger partial charge in [0.2, 0.25) is 11.8 Å². The van der Waals surface area contributed by atoms with Gasteiger partial charge in [0.1, 0.15) is 19.6 Å². The van der Waals surface area contributed by atoms with Crippen molar-refractivity contribution >= 4 is 29.1 Å². The Hall–Kier alpha value is -2.09. The summed E-state index contributed by atoms with van der Waals surface area (Å²) in [6.45, 7) is 5.31. The average Bonchev–Trinajstić information content (AvgIpc) is 2.68. The quantitative estimate of drug-likeness (QED) is 0.563. The SMILES string of the molecule is O=C(CN1NC(c2ccc(Cl)cc2)=CCC1=O)NCCC[NH+]1CCOCC1. The third-order valence-corrected chi connectivity index (χ3v) is 4.98. The first-order chi connectivity index (χ1) is 13.1. The minimum atomic E-state index is -0.162. The number of ether oxygens (including phenoxy) is 1. The Kier molecular flexibility index (Phi) is 7.09. The lowest BCUT2D eigenvalue weighted by molar-refractivity contribution is -0.908. The number of rotatable bonds is 7. The molecule has 0 aromatic heterocycles. The number of hydrogen-bond acceptors (Lipinski definition) is 4. The van der Waals surface area contributed by atoms with Crippen LogP contribution in [0.4, 0.5) is 0 Å². The second kappa shape index (κ2) is 9.73. The summed E-state index contributed by atoms with van der Waals surface area (Å²) in [7, 11) is 0. The number of hydrazine groups is 1. The molecule has 1 aromatic rings. The lowest BCUT2D eigenvalue weighted by Crippen LogP contribution is -3.14. The van der Waals surface area contributed by atoms with Crippen LogP contribution in [0.15, 0.2) is 30.3 Å². The van der Waals surface area contributed by atoms with Gasteiger partial charge in [-0.25, -0.2) is 5.01 Å². The Labute approximate surface area is 164 Å². The fourth-order valence-corrected chi connectivity index (χ4v) is 3.29. The molecule has 0 aliphatic carbocycles. The summed E-state index contributed by atoms with van der Waals surface area (Å²) in [4.78, 5) is 25.8. The van der Waals surface area contributed by atoms with Crippen molar-refractivity contribution in [1.29, 1.82) is 0 Å². The van der Waals surface area contributed by atoms with Gasteiger partial charge in [0.25, 0.3) is 0 Å². The van der Waals surface area contributed by atoms with Crippen LogP contribution in [0.25, 0.3) is 5.70 Å². The van der Waals surface area contributed by atoms with Gasteiger partial charge in [0.05, 0.1) is 25.5 Å². The van der Waals surface area contributed by atoms with Gasteiger partial charge in [-0.2, -0.15) is 0 Å². The smallest absolute Gasteiger partial charge is 0.245 e. The first kappa shape index (κ1) is 19.7. The Balaban J connectivity index is 1.42. The van der Waals surface area contributed by atoms with Gasteiger partial charge in [-0.1, -0.05) is 23.7 Å². The fraction of sp³-hybridized carbons (Fsp3) is 0.474. The minimum Gasteiger partial charge on any atom is -0.370 e. The summed E-state index contributed by atoms with van der Waals surface area (Å²) in [5.74, 6) is -0.286. The zero-order valence-electron chi connectivity index (χ0n) is 15.3. The van der Waals surface area contributed by atoms with Gasteiger partial charge in [-0.05, 0) is 23.8 Å². The van der Waals surface area contributed by atoms with Crippen LogP contribution in [-0.4, -0.2) is 62.8 Å². The molecule has 0 spiro atoms. The van der Waals surface area contributed by atoms with E-state index in [2.05, 4.69) is 10.7 Å². The van der Waals surface area contributed by atoms with Crippen molar-refractivity contribution in [3.05, 3.63) is 40.9 Å². The summed E-state index contributed by atoms with van der Waals surface area (Å²) in [5.41, 5.74) is 4.76. The van der Waals surface area contributed by atoms with E-state index in [9.17, 15) is 9.59 Å². The van der Waals surface area contributed by atoms with Crippen LogP contribution in [0.5, 0.6) is 0 Å². The maximum absolute atomic E-state index is 12.2. The molecule has 1 saturated heterocycles. The standard InChI is InChI=1S/C19H25ClN4O3/c20-16-4-2-15(3-5-16)17-6-7-19(26)24(22-17)14-18(25)21-8-1-9-23-10-12-27-13-11-23/h2-6,22H,1,7-14H2,(H,21,25)/p+1. The highest BCUT2D eigenvalue weighted by molar-refractivity contribution is 6.30. The molecular weight excluding hydrogens is 368 g/mol. The van der Waals surface area contributed by atoms with E-state index in [0.717, 1.165) is 50.5 Å². The number of amides is 2. The number of quaternary nitrogens is 1. The second-order valence-corrected chi connectivity index (χ2v) is 7.17. The molecule has 1 aromatic carbocycles. The highest BCUT2D eigenvalue weighted by Gasteiger charge is 2.22. The highest BCUT2D eigenvalue weighted by Crippen LogP contribution is 2.19. The predicted molar refractivity (Wildman–Crippen MR) is 103 cm³/mol. The van der Waals surface area contributed by atoms with E-state index in [0.29, 0.717) is 11.6 Å². The predicted octanol–water partition coefficient (Wildman–Crippen LogP) is -0.161. The molecule has 0 bridgehead atoms. The maximum Gasteiger partial charge on any atom is 0.245 e.